The van der Waals surface area contributed by atoms with E-state index in [1.165, 1.54) is 57.8 Å². The first-order valence-corrected chi connectivity index (χ1v) is 13.0. The normalized spacial score (nSPS) is 11.1. The van der Waals surface area contributed by atoms with Gasteiger partial charge in [0.1, 0.15) is 0 Å². The quantitative estimate of drug-likeness (QED) is 0.170. The van der Waals surface area contributed by atoms with Crippen LogP contribution in [0.1, 0.15) is 90.4 Å². The molecule has 0 atom stereocenters. The molecule has 0 spiro atoms. The Bertz CT molecular complexity index is 435. The Morgan fingerprint density at radius 2 is 1.00 bits per heavy atom. The van der Waals surface area contributed by atoms with Crippen molar-refractivity contribution < 1.29 is 33.6 Å². The van der Waals surface area contributed by atoms with Crippen LogP contribution >= 0.6 is 0 Å². The molecule has 0 aliphatic carbocycles. The van der Waals surface area contributed by atoms with Crippen molar-refractivity contribution in [3.8, 4) is 0 Å². The zero-order valence-electron chi connectivity index (χ0n) is 21.0. The fraction of sp³-hybridized carbons (Fsp3) is 0.920. The average molecular weight is 476 g/mol. The first-order valence-electron chi connectivity index (χ1n) is 13.0. The number of ether oxygens (including phenoxy) is 4. The lowest BCUT2D eigenvalue weighted by atomic mass is 10.1. The van der Waals surface area contributed by atoms with Crippen LogP contribution < -0.4 is 5.32 Å². The zero-order chi connectivity index (χ0) is 24.2. The summed E-state index contributed by atoms with van der Waals surface area (Å²) >= 11 is 0. The Balaban J connectivity index is 3.08. The van der Waals surface area contributed by atoms with Crippen molar-refractivity contribution in [3.63, 3.8) is 0 Å². The van der Waals surface area contributed by atoms with Crippen molar-refractivity contribution in [2.75, 3.05) is 59.4 Å². The molecule has 1 amide bonds. The standard InChI is InChI=1S/C25H49NO7/c1-2-3-4-5-6-7-8-9-10-11-16-30-18-20-32-22-23-33-21-19-31-17-12-15-26-24(27)13-14-25(28)29/h2-23H2,1H3,(H,26,27)(H,28,29). The van der Waals surface area contributed by atoms with Gasteiger partial charge in [-0.25, -0.2) is 0 Å². The van der Waals surface area contributed by atoms with Gasteiger partial charge in [-0.15, -0.1) is 0 Å². The highest BCUT2D eigenvalue weighted by atomic mass is 16.6. The number of carboxylic acids is 1. The van der Waals surface area contributed by atoms with E-state index in [4.69, 9.17) is 24.1 Å². The molecule has 0 aromatic carbocycles. The van der Waals surface area contributed by atoms with Crippen LogP contribution in [0.4, 0.5) is 0 Å². The van der Waals surface area contributed by atoms with Gasteiger partial charge in [0.25, 0.3) is 0 Å². The third kappa shape index (κ3) is 28.7. The summed E-state index contributed by atoms with van der Waals surface area (Å²) in [5.41, 5.74) is 0. The van der Waals surface area contributed by atoms with Crippen LogP contribution in [0.15, 0.2) is 0 Å². The largest absolute Gasteiger partial charge is 0.481 e. The third-order valence-corrected chi connectivity index (χ3v) is 5.11. The molecule has 0 fully saturated rings. The number of aliphatic carboxylic acids is 1. The molecule has 0 aliphatic heterocycles. The molecule has 0 rings (SSSR count). The van der Waals surface area contributed by atoms with E-state index in [0.29, 0.717) is 59.2 Å². The van der Waals surface area contributed by atoms with Crippen LogP contribution in [-0.4, -0.2) is 76.4 Å². The molecule has 0 radical (unpaired) electrons. The second-order valence-electron chi connectivity index (χ2n) is 8.23. The lowest BCUT2D eigenvalue weighted by molar-refractivity contribution is -0.138. The van der Waals surface area contributed by atoms with Gasteiger partial charge in [0.15, 0.2) is 0 Å². The van der Waals surface area contributed by atoms with E-state index in [0.717, 1.165) is 13.0 Å². The fourth-order valence-electron chi connectivity index (χ4n) is 3.16. The first-order chi connectivity index (χ1) is 16.2. The maximum Gasteiger partial charge on any atom is 0.303 e. The van der Waals surface area contributed by atoms with Crippen molar-refractivity contribution >= 4 is 11.9 Å². The topological polar surface area (TPSA) is 103 Å². The highest BCUT2D eigenvalue weighted by molar-refractivity contribution is 5.80. The number of carbonyl (C=O) groups excluding carboxylic acids is 1. The van der Waals surface area contributed by atoms with Crippen LogP contribution in [0.3, 0.4) is 0 Å². The molecule has 2 N–H and O–H groups in total. The molecule has 33 heavy (non-hydrogen) atoms. The Kier molecular flexibility index (Phi) is 26.0. The summed E-state index contributed by atoms with van der Waals surface area (Å²) in [6, 6.07) is 0. The predicted octanol–water partition coefficient (Wildman–Crippen LogP) is 4.34. The van der Waals surface area contributed by atoms with Gasteiger partial charge >= 0.3 is 5.97 Å². The molecule has 0 bridgehead atoms. The molecule has 0 saturated carbocycles. The van der Waals surface area contributed by atoms with Gasteiger partial charge in [-0.05, 0) is 12.8 Å². The van der Waals surface area contributed by atoms with E-state index in [1.807, 2.05) is 0 Å². The molecular weight excluding hydrogens is 426 g/mol. The number of carbonyl (C=O) groups is 2. The van der Waals surface area contributed by atoms with Crippen molar-refractivity contribution in [2.45, 2.75) is 90.4 Å². The van der Waals surface area contributed by atoms with E-state index in [-0.39, 0.29) is 18.7 Å². The summed E-state index contributed by atoms with van der Waals surface area (Å²) in [7, 11) is 0. The maximum atomic E-state index is 11.3. The molecule has 0 heterocycles. The second kappa shape index (κ2) is 27.0. The van der Waals surface area contributed by atoms with Gasteiger partial charge in [0.05, 0.1) is 46.1 Å². The Labute approximate surface area is 201 Å². The molecule has 8 nitrogen and oxygen atoms in total. The van der Waals surface area contributed by atoms with Crippen LogP contribution in [0.5, 0.6) is 0 Å². The van der Waals surface area contributed by atoms with E-state index in [2.05, 4.69) is 12.2 Å². The van der Waals surface area contributed by atoms with Crippen LogP contribution in [0.2, 0.25) is 0 Å². The van der Waals surface area contributed by atoms with Crippen molar-refractivity contribution in [2.24, 2.45) is 0 Å². The molecule has 196 valence electrons. The minimum absolute atomic E-state index is 0.0115. The minimum Gasteiger partial charge on any atom is -0.481 e. The van der Waals surface area contributed by atoms with Gasteiger partial charge in [-0.1, -0.05) is 64.7 Å². The Hall–Kier alpha value is -1.22. The SMILES string of the molecule is CCCCCCCCCCCCOCCOCCOCCOCCCNC(=O)CCC(=O)O. The minimum atomic E-state index is -0.966. The number of hydrogen-bond acceptors (Lipinski definition) is 6. The highest BCUT2D eigenvalue weighted by Gasteiger charge is 2.04. The molecule has 0 unspecified atom stereocenters. The van der Waals surface area contributed by atoms with Gasteiger partial charge < -0.3 is 29.4 Å². The molecule has 0 aliphatic rings. The summed E-state index contributed by atoms with van der Waals surface area (Å²) in [6.07, 6.45) is 13.9. The van der Waals surface area contributed by atoms with E-state index >= 15 is 0 Å². The lowest BCUT2D eigenvalue weighted by Gasteiger charge is -2.08. The number of carboxylic acid groups (broad SMARTS) is 1. The van der Waals surface area contributed by atoms with Crippen molar-refractivity contribution in [3.05, 3.63) is 0 Å². The first kappa shape index (κ1) is 31.8. The maximum absolute atomic E-state index is 11.3. The fourth-order valence-corrected chi connectivity index (χ4v) is 3.16. The van der Waals surface area contributed by atoms with Crippen LogP contribution in [-0.2, 0) is 28.5 Å². The number of nitrogens with one attached hydrogen (secondary N) is 1. The van der Waals surface area contributed by atoms with Gasteiger partial charge in [-0.3, -0.25) is 9.59 Å². The summed E-state index contributed by atoms with van der Waals surface area (Å²) in [4.78, 5) is 21.7. The van der Waals surface area contributed by atoms with Gasteiger partial charge in [0.2, 0.25) is 5.91 Å². The average Bonchev–Trinajstić information content (AvgIpc) is 2.80. The predicted molar refractivity (Wildman–Crippen MR) is 130 cm³/mol. The lowest BCUT2D eigenvalue weighted by Crippen LogP contribution is -2.25. The molecule has 8 heteroatoms. The number of unbranched alkanes of at least 4 members (excludes halogenated alkanes) is 9. The second-order valence-corrected chi connectivity index (χ2v) is 8.23. The van der Waals surface area contributed by atoms with Gasteiger partial charge in [-0.2, -0.15) is 0 Å². The zero-order valence-corrected chi connectivity index (χ0v) is 21.0. The van der Waals surface area contributed by atoms with E-state index in [9.17, 15) is 9.59 Å². The summed E-state index contributed by atoms with van der Waals surface area (Å²) < 4.78 is 21.9. The summed E-state index contributed by atoms with van der Waals surface area (Å²) in [6.45, 7) is 7.38. The Morgan fingerprint density at radius 3 is 1.48 bits per heavy atom. The van der Waals surface area contributed by atoms with Crippen LogP contribution in [0, 0.1) is 0 Å². The van der Waals surface area contributed by atoms with Gasteiger partial charge in [0, 0.05) is 26.2 Å². The molecule has 0 saturated heterocycles. The number of rotatable bonds is 27. The highest BCUT2D eigenvalue weighted by Crippen LogP contribution is 2.10. The molecular formula is C25H49NO7. The molecule has 0 aromatic rings. The third-order valence-electron chi connectivity index (χ3n) is 5.11. The Morgan fingerprint density at radius 1 is 0.576 bits per heavy atom. The summed E-state index contributed by atoms with van der Waals surface area (Å²) in [5.74, 6) is -1.21. The molecule has 0 aromatic heterocycles. The van der Waals surface area contributed by atoms with Crippen molar-refractivity contribution in [1.82, 2.24) is 5.32 Å². The smallest absolute Gasteiger partial charge is 0.303 e. The van der Waals surface area contributed by atoms with E-state index in [1.54, 1.807) is 0 Å². The number of amides is 1. The van der Waals surface area contributed by atoms with Crippen molar-refractivity contribution in [1.29, 1.82) is 0 Å². The number of hydrogen-bond donors (Lipinski definition) is 2. The summed E-state index contributed by atoms with van der Waals surface area (Å²) in [5, 5.41) is 11.2. The monoisotopic (exact) mass is 475 g/mol. The van der Waals surface area contributed by atoms with E-state index < -0.39 is 5.97 Å². The van der Waals surface area contributed by atoms with Crippen LogP contribution in [0.25, 0.3) is 0 Å².